The second-order valence-corrected chi connectivity index (χ2v) is 13.7. The van der Waals surface area contributed by atoms with Gasteiger partial charge in [0.2, 0.25) is 0 Å². The van der Waals surface area contributed by atoms with Gasteiger partial charge in [-0.1, -0.05) is 73.2 Å². The topological polar surface area (TPSA) is 105 Å². The molecule has 2 aromatic heterocycles. The van der Waals surface area contributed by atoms with Gasteiger partial charge in [0.1, 0.15) is 5.69 Å². The minimum Gasteiger partial charge on any atom is -0.465 e. The van der Waals surface area contributed by atoms with E-state index in [9.17, 15) is 14.4 Å². The van der Waals surface area contributed by atoms with Crippen molar-refractivity contribution in [2.24, 2.45) is 10.9 Å². The Morgan fingerprint density at radius 2 is 1.63 bits per heavy atom. The molecule has 49 heavy (non-hydrogen) atoms. The van der Waals surface area contributed by atoms with Crippen molar-refractivity contribution in [3.8, 4) is 16.9 Å². The number of nitrogens with zero attached hydrogens (tertiary/aromatic N) is 4. The van der Waals surface area contributed by atoms with Crippen molar-refractivity contribution >= 4 is 29.4 Å². The maximum atomic E-state index is 14.5. The number of para-hydroxylation sites is 1. The molecular formula is C39H38N4O5S. The molecule has 0 saturated carbocycles. The van der Waals surface area contributed by atoms with Gasteiger partial charge < -0.3 is 9.47 Å². The quantitative estimate of drug-likeness (QED) is 0.187. The second kappa shape index (κ2) is 13.6. The summed E-state index contributed by atoms with van der Waals surface area (Å²) in [5.41, 5.74) is 8.19. The van der Waals surface area contributed by atoms with Crippen molar-refractivity contribution in [2.75, 3.05) is 13.7 Å². The van der Waals surface area contributed by atoms with Crippen LogP contribution in [0.5, 0.6) is 0 Å². The molecule has 0 fully saturated rings. The first-order valence-electron chi connectivity index (χ1n) is 16.1. The molecule has 3 aromatic carbocycles. The van der Waals surface area contributed by atoms with Crippen LogP contribution in [-0.4, -0.2) is 40.0 Å². The Morgan fingerprint density at radius 1 is 0.959 bits per heavy atom. The summed E-state index contributed by atoms with van der Waals surface area (Å²) in [6, 6.07) is 20.0. The van der Waals surface area contributed by atoms with Crippen molar-refractivity contribution in [3.63, 3.8) is 0 Å². The number of methoxy groups -OCH3 is 1. The highest BCUT2D eigenvalue weighted by Crippen LogP contribution is 2.33. The maximum absolute atomic E-state index is 14.5. The molecule has 1 aliphatic heterocycles. The van der Waals surface area contributed by atoms with E-state index in [0.29, 0.717) is 26.2 Å². The van der Waals surface area contributed by atoms with Gasteiger partial charge in [0.25, 0.3) is 5.56 Å². The zero-order valence-electron chi connectivity index (χ0n) is 28.6. The summed E-state index contributed by atoms with van der Waals surface area (Å²) in [7, 11) is 1.32. The molecule has 250 valence electrons. The fraction of sp³-hybridized carbons (Fsp3) is 0.256. The Balaban J connectivity index is 1.56. The summed E-state index contributed by atoms with van der Waals surface area (Å²) >= 11 is 1.25. The summed E-state index contributed by atoms with van der Waals surface area (Å²) in [6.45, 7) is 12.1. The minimum absolute atomic E-state index is 0.121. The van der Waals surface area contributed by atoms with Crippen molar-refractivity contribution in [2.45, 2.75) is 47.6 Å². The lowest BCUT2D eigenvalue weighted by Crippen LogP contribution is -2.40. The Labute approximate surface area is 288 Å². The largest absolute Gasteiger partial charge is 0.465 e. The van der Waals surface area contributed by atoms with Gasteiger partial charge in [-0.15, -0.1) is 0 Å². The van der Waals surface area contributed by atoms with E-state index in [4.69, 9.17) is 19.6 Å². The molecule has 0 unspecified atom stereocenters. The third-order valence-electron chi connectivity index (χ3n) is 8.40. The second-order valence-electron chi connectivity index (χ2n) is 12.7. The lowest BCUT2D eigenvalue weighted by Gasteiger charge is -2.25. The average molecular weight is 675 g/mol. The van der Waals surface area contributed by atoms with Crippen LogP contribution in [-0.2, 0) is 14.3 Å². The summed E-state index contributed by atoms with van der Waals surface area (Å²) in [5, 5.41) is 5.03. The fourth-order valence-corrected chi connectivity index (χ4v) is 7.27. The zero-order chi connectivity index (χ0) is 35.0. The average Bonchev–Trinajstić information content (AvgIpc) is 3.62. The molecule has 9 nitrogen and oxygen atoms in total. The van der Waals surface area contributed by atoms with Crippen LogP contribution in [0.3, 0.4) is 0 Å². The molecule has 5 aromatic rings. The Hall–Kier alpha value is -5.35. The number of aromatic nitrogens is 3. The van der Waals surface area contributed by atoms with Gasteiger partial charge >= 0.3 is 11.9 Å². The zero-order valence-corrected chi connectivity index (χ0v) is 29.4. The first kappa shape index (κ1) is 33.5. The number of esters is 2. The molecule has 1 aliphatic rings. The third-order valence-corrected chi connectivity index (χ3v) is 9.38. The van der Waals surface area contributed by atoms with Crippen molar-refractivity contribution in [1.29, 1.82) is 0 Å². The lowest BCUT2D eigenvalue weighted by molar-refractivity contribution is -0.140. The monoisotopic (exact) mass is 674 g/mol. The number of rotatable bonds is 8. The highest BCUT2D eigenvalue weighted by molar-refractivity contribution is 7.07. The molecule has 0 N–H and O–H groups in total. The Bertz CT molecular complexity index is 2270. The van der Waals surface area contributed by atoms with Crippen LogP contribution in [0.15, 0.2) is 94.0 Å². The molecule has 10 heteroatoms. The molecule has 0 saturated heterocycles. The number of thiazole rings is 1. The standard InChI is InChI=1S/C39H38N4O5S/c1-22(2)21-48-38(46)33-26(6)40-39-43(35(33)27-13-15-28(16-14-27)37(45)47-7)36(44)31(49-39)19-29-20-42(30-11-9-8-10-12-30)41-34(29)32-24(4)17-23(3)18-25(32)5/h8-20,22,35H,21H2,1-7H3/b31-19-/t35-/m0/s1. The van der Waals surface area contributed by atoms with E-state index in [2.05, 4.69) is 32.9 Å². The highest BCUT2D eigenvalue weighted by Gasteiger charge is 2.34. The van der Waals surface area contributed by atoms with Crippen molar-refractivity contribution in [1.82, 2.24) is 14.3 Å². The molecular weight excluding hydrogens is 637 g/mol. The molecule has 6 rings (SSSR count). The molecule has 0 bridgehead atoms. The predicted molar refractivity (Wildman–Crippen MR) is 191 cm³/mol. The van der Waals surface area contributed by atoms with Crippen molar-refractivity contribution < 1.29 is 19.1 Å². The fourth-order valence-electron chi connectivity index (χ4n) is 6.23. The molecule has 3 heterocycles. The van der Waals surface area contributed by atoms with E-state index in [1.54, 1.807) is 35.8 Å². The van der Waals surface area contributed by atoms with Gasteiger partial charge in [0.05, 0.1) is 46.8 Å². The van der Waals surface area contributed by atoms with Crippen LogP contribution < -0.4 is 14.9 Å². The molecule has 0 spiro atoms. The van der Waals surface area contributed by atoms with Gasteiger partial charge in [-0.05, 0) is 80.6 Å². The third kappa shape index (κ3) is 6.56. The normalized spacial score (nSPS) is 14.5. The van der Waals surface area contributed by atoms with Gasteiger partial charge in [-0.2, -0.15) is 5.10 Å². The lowest BCUT2D eigenvalue weighted by atomic mass is 9.95. The first-order valence-corrected chi connectivity index (χ1v) is 16.9. The number of benzene rings is 3. The number of aryl methyl sites for hydroxylation is 3. The summed E-state index contributed by atoms with van der Waals surface area (Å²) < 4.78 is 14.4. The smallest absolute Gasteiger partial charge is 0.338 e. The highest BCUT2D eigenvalue weighted by atomic mass is 32.1. The Morgan fingerprint density at radius 3 is 2.27 bits per heavy atom. The van der Waals surface area contributed by atoms with E-state index < -0.39 is 18.0 Å². The molecule has 1 atom stereocenters. The van der Waals surface area contributed by atoms with Crippen LogP contribution >= 0.6 is 11.3 Å². The number of ether oxygens (including phenoxy) is 2. The molecule has 0 radical (unpaired) electrons. The van der Waals surface area contributed by atoms with Crippen LogP contribution in [0.1, 0.15) is 65.0 Å². The first-order chi connectivity index (χ1) is 23.5. The Kier molecular flexibility index (Phi) is 9.34. The number of carbonyl (C=O) groups excluding carboxylic acids is 2. The number of fused-ring (bicyclic) bond motifs is 1. The summed E-state index contributed by atoms with van der Waals surface area (Å²) in [5.74, 6) is -0.900. The van der Waals surface area contributed by atoms with Gasteiger partial charge in [-0.3, -0.25) is 9.36 Å². The predicted octanol–water partition coefficient (Wildman–Crippen LogP) is 6.00. The van der Waals surface area contributed by atoms with Crippen molar-refractivity contribution in [3.05, 3.63) is 137 Å². The van der Waals surface area contributed by atoms with E-state index in [-0.39, 0.29) is 23.7 Å². The molecule has 0 aliphatic carbocycles. The van der Waals surface area contributed by atoms with Crippen LogP contribution in [0.25, 0.3) is 23.0 Å². The van der Waals surface area contributed by atoms with Crippen LogP contribution in [0, 0.1) is 26.7 Å². The van der Waals surface area contributed by atoms with Crippen LogP contribution in [0.4, 0.5) is 0 Å². The number of allylic oxidation sites excluding steroid dienone is 1. The van der Waals surface area contributed by atoms with E-state index in [0.717, 1.165) is 39.2 Å². The van der Waals surface area contributed by atoms with Gasteiger partial charge in [0, 0.05) is 17.3 Å². The minimum atomic E-state index is -0.821. The molecule has 0 amide bonds. The van der Waals surface area contributed by atoms with Crippen LogP contribution in [0.2, 0.25) is 0 Å². The number of hydrogen-bond donors (Lipinski definition) is 0. The number of carbonyl (C=O) groups is 2. The van der Waals surface area contributed by atoms with Gasteiger partial charge in [0.15, 0.2) is 4.80 Å². The van der Waals surface area contributed by atoms with Gasteiger partial charge in [-0.25, -0.2) is 19.3 Å². The van der Waals surface area contributed by atoms with E-state index >= 15 is 0 Å². The van der Waals surface area contributed by atoms with E-state index in [1.165, 1.54) is 18.4 Å². The SMILES string of the molecule is COC(=O)c1ccc([C@H]2C(C(=O)OCC(C)C)=C(C)N=c3s/c(=C\c4cn(-c5ccccc5)nc4-c4c(C)cc(C)cc4C)c(=O)n32)cc1. The summed E-state index contributed by atoms with van der Waals surface area (Å²) in [6.07, 6.45) is 3.79. The maximum Gasteiger partial charge on any atom is 0.338 e. The summed E-state index contributed by atoms with van der Waals surface area (Å²) in [4.78, 5) is 45.5. The number of hydrogen-bond acceptors (Lipinski definition) is 8. The van der Waals surface area contributed by atoms with E-state index in [1.807, 2.05) is 61.1 Å².